The Bertz CT molecular complexity index is 493. The van der Waals surface area contributed by atoms with Crippen LogP contribution in [0.4, 0.5) is 5.82 Å². The number of rotatable bonds is 5. The van der Waals surface area contributed by atoms with Gasteiger partial charge >= 0.3 is 0 Å². The number of nitrogens with zero attached hydrogens (tertiary/aromatic N) is 3. The largest absolute Gasteiger partial charge is 0.395 e. The molecule has 0 unspecified atom stereocenters. The standard InChI is InChI=1S/C13H14IN3O/c14-12-8-15-10-16-13(12)17(6-7-18)9-11-4-2-1-3-5-11/h1-5,8,10,18H,6-7,9H2. The number of benzene rings is 1. The van der Waals surface area contributed by atoms with Gasteiger partial charge < -0.3 is 10.0 Å². The highest BCUT2D eigenvalue weighted by atomic mass is 127. The van der Waals surface area contributed by atoms with Crippen LogP contribution in [0.5, 0.6) is 0 Å². The molecule has 0 saturated carbocycles. The van der Waals surface area contributed by atoms with Crippen LogP contribution in [-0.4, -0.2) is 28.2 Å². The second kappa shape index (κ2) is 6.65. The number of aliphatic hydroxyl groups is 1. The molecule has 1 N–H and O–H groups in total. The van der Waals surface area contributed by atoms with Crippen molar-refractivity contribution in [3.8, 4) is 0 Å². The third kappa shape index (κ3) is 3.39. The van der Waals surface area contributed by atoms with Gasteiger partial charge in [-0.3, -0.25) is 0 Å². The fourth-order valence-corrected chi connectivity index (χ4v) is 2.36. The quantitative estimate of drug-likeness (QED) is 0.835. The van der Waals surface area contributed by atoms with E-state index in [0.717, 1.165) is 15.9 Å². The highest BCUT2D eigenvalue weighted by Crippen LogP contribution is 2.19. The highest BCUT2D eigenvalue weighted by Gasteiger charge is 2.11. The van der Waals surface area contributed by atoms with Gasteiger partial charge in [0.2, 0.25) is 0 Å². The molecular weight excluding hydrogens is 341 g/mol. The number of aromatic nitrogens is 2. The van der Waals surface area contributed by atoms with E-state index in [1.807, 2.05) is 18.2 Å². The van der Waals surface area contributed by atoms with Gasteiger partial charge in [-0.05, 0) is 28.2 Å². The van der Waals surface area contributed by atoms with Crippen LogP contribution in [0.3, 0.4) is 0 Å². The van der Waals surface area contributed by atoms with Crippen molar-refractivity contribution in [2.24, 2.45) is 0 Å². The molecule has 5 heteroatoms. The van der Waals surface area contributed by atoms with Crippen LogP contribution in [0.15, 0.2) is 42.9 Å². The predicted molar refractivity (Wildman–Crippen MR) is 79.3 cm³/mol. The van der Waals surface area contributed by atoms with Crippen molar-refractivity contribution in [1.29, 1.82) is 0 Å². The maximum Gasteiger partial charge on any atom is 0.145 e. The number of hydrogen-bond acceptors (Lipinski definition) is 4. The Balaban J connectivity index is 2.21. The topological polar surface area (TPSA) is 49.2 Å². The molecule has 1 aromatic carbocycles. The lowest BCUT2D eigenvalue weighted by atomic mass is 10.2. The molecule has 0 aliphatic carbocycles. The maximum absolute atomic E-state index is 9.18. The molecular formula is C13H14IN3O. The van der Waals surface area contributed by atoms with Crippen molar-refractivity contribution in [2.45, 2.75) is 6.54 Å². The fourth-order valence-electron chi connectivity index (χ4n) is 1.72. The third-order valence-electron chi connectivity index (χ3n) is 2.53. The van der Waals surface area contributed by atoms with Crippen LogP contribution >= 0.6 is 22.6 Å². The van der Waals surface area contributed by atoms with Crippen LogP contribution in [0.25, 0.3) is 0 Å². The van der Waals surface area contributed by atoms with Gasteiger partial charge in [-0.25, -0.2) is 9.97 Å². The molecule has 2 aromatic rings. The van der Waals surface area contributed by atoms with Gasteiger partial charge in [-0.1, -0.05) is 30.3 Å². The number of halogens is 1. The van der Waals surface area contributed by atoms with E-state index < -0.39 is 0 Å². The second-order valence-electron chi connectivity index (χ2n) is 3.83. The van der Waals surface area contributed by atoms with Crippen LogP contribution in [0, 0.1) is 3.57 Å². The highest BCUT2D eigenvalue weighted by molar-refractivity contribution is 14.1. The first kappa shape index (κ1) is 13.2. The Labute approximate surface area is 120 Å². The monoisotopic (exact) mass is 355 g/mol. The third-order valence-corrected chi connectivity index (χ3v) is 3.29. The van der Waals surface area contributed by atoms with E-state index in [2.05, 4.69) is 49.6 Å². The summed E-state index contributed by atoms with van der Waals surface area (Å²) in [5.74, 6) is 0.864. The van der Waals surface area contributed by atoms with Crippen molar-refractivity contribution in [2.75, 3.05) is 18.1 Å². The smallest absolute Gasteiger partial charge is 0.145 e. The molecule has 0 bridgehead atoms. The van der Waals surface area contributed by atoms with Gasteiger partial charge in [0.15, 0.2) is 0 Å². The molecule has 94 valence electrons. The molecule has 18 heavy (non-hydrogen) atoms. The zero-order valence-corrected chi connectivity index (χ0v) is 12.0. The fraction of sp³-hybridized carbons (Fsp3) is 0.231. The van der Waals surface area contributed by atoms with E-state index in [1.165, 1.54) is 11.9 Å². The molecule has 4 nitrogen and oxygen atoms in total. The Hall–Kier alpha value is -1.21. The summed E-state index contributed by atoms with van der Waals surface area (Å²) in [5.41, 5.74) is 1.19. The Kier molecular flexibility index (Phi) is 4.89. The lowest BCUT2D eigenvalue weighted by molar-refractivity contribution is 0.301. The molecule has 1 heterocycles. The van der Waals surface area contributed by atoms with Crippen LogP contribution in [0.2, 0.25) is 0 Å². The maximum atomic E-state index is 9.18. The van der Waals surface area contributed by atoms with Crippen molar-refractivity contribution in [3.05, 3.63) is 52.0 Å². The van der Waals surface area contributed by atoms with Crippen LogP contribution < -0.4 is 4.90 Å². The lowest BCUT2D eigenvalue weighted by Gasteiger charge is -2.23. The molecule has 0 spiro atoms. The first-order valence-electron chi connectivity index (χ1n) is 5.66. The van der Waals surface area contributed by atoms with Gasteiger partial charge in [-0.15, -0.1) is 0 Å². The van der Waals surface area contributed by atoms with Gasteiger partial charge in [0.25, 0.3) is 0 Å². The van der Waals surface area contributed by atoms with E-state index in [-0.39, 0.29) is 6.61 Å². The molecule has 0 fully saturated rings. The summed E-state index contributed by atoms with van der Waals surface area (Å²) in [5, 5.41) is 9.18. The lowest BCUT2D eigenvalue weighted by Crippen LogP contribution is -2.27. The first-order chi connectivity index (χ1) is 8.81. The first-order valence-corrected chi connectivity index (χ1v) is 6.74. The molecule has 0 aliphatic rings. The van der Waals surface area contributed by atoms with Crippen molar-refractivity contribution >= 4 is 28.4 Å². The van der Waals surface area contributed by atoms with Crippen LogP contribution in [-0.2, 0) is 6.54 Å². The summed E-state index contributed by atoms with van der Waals surface area (Å²) in [4.78, 5) is 10.3. The zero-order chi connectivity index (χ0) is 12.8. The van der Waals surface area contributed by atoms with E-state index in [4.69, 9.17) is 0 Å². The van der Waals surface area contributed by atoms with Gasteiger partial charge in [0.05, 0.1) is 10.2 Å². The minimum Gasteiger partial charge on any atom is -0.395 e. The summed E-state index contributed by atoms with van der Waals surface area (Å²) < 4.78 is 0.986. The molecule has 0 aliphatic heterocycles. The summed E-state index contributed by atoms with van der Waals surface area (Å²) in [7, 11) is 0. The Morgan fingerprint density at radius 2 is 2.00 bits per heavy atom. The normalized spacial score (nSPS) is 10.3. The van der Waals surface area contributed by atoms with E-state index in [9.17, 15) is 5.11 Å². The van der Waals surface area contributed by atoms with Gasteiger partial charge in [0.1, 0.15) is 12.1 Å². The number of hydrogen-bond donors (Lipinski definition) is 1. The van der Waals surface area contributed by atoms with Crippen LogP contribution in [0.1, 0.15) is 5.56 Å². The molecule has 0 atom stereocenters. The summed E-state index contributed by atoms with van der Waals surface area (Å²) in [6.45, 7) is 1.39. The van der Waals surface area contributed by atoms with E-state index in [0.29, 0.717) is 6.54 Å². The molecule has 0 radical (unpaired) electrons. The molecule has 0 amide bonds. The van der Waals surface area contributed by atoms with Gasteiger partial charge in [-0.2, -0.15) is 0 Å². The summed E-state index contributed by atoms with van der Waals surface area (Å²) >= 11 is 2.21. The van der Waals surface area contributed by atoms with Crippen molar-refractivity contribution in [1.82, 2.24) is 9.97 Å². The predicted octanol–water partition coefficient (Wildman–Crippen LogP) is 2.08. The number of anilines is 1. The average Bonchev–Trinajstić information content (AvgIpc) is 2.40. The average molecular weight is 355 g/mol. The summed E-state index contributed by atoms with van der Waals surface area (Å²) in [6.07, 6.45) is 3.31. The van der Waals surface area contributed by atoms with Gasteiger partial charge in [0, 0.05) is 19.3 Å². The molecule has 2 rings (SSSR count). The van der Waals surface area contributed by atoms with Crippen molar-refractivity contribution in [3.63, 3.8) is 0 Å². The Morgan fingerprint density at radius 3 is 2.67 bits per heavy atom. The van der Waals surface area contributed by atoms with E-state index in [1.54, 1.807) is 6.20 Å². The summed E-state index contributed by atoms with van der Waals surface area (Å²) in [6, 6.07) is 10.2. The Morgan fingerprint density at radius 1 is 1.22 bits per heavy atom. The number of aliphatic hydroxyl groups excluding tert-OH is 1. The zero-order valence-electron chi connectivity index (χ0n) is 9.83. The SMILES string of the molecule is OCCN(Cc1ccccc1)c1ncncc1I. The second-order valence-corrected chi connectivity index (χ2v) is 4.99. The van der Waals surface area contributed by atoms with Crippen molar-refractivity contribution < 1.29 is 5.11 Å². The molecule has 0 saturated heterocycles. The molecule has 1 aromatic heterocycles. The van der Waals surface area contributed by atoms with E-state index >= 15 is 0 Å². The minimum absolute atomic E-state index is 0.104. The minimum atomic E-state index is 0.104.